The zero-order chi connectivity index (χ0) is 14.5. The predicted octanol–water partition coefficient (Wildman–Crippen LogP) is 3.86. The van der Waals surface area contributed by atoms with E-state index in [1.807, 2.05) is 18.0 Å². The summed E-state index contributed by atoms with van der Waals surface area (Å²) in [5.41, 5.74) is 1.83. The number of aromatic nitrogens is 2. The number of rotatable bonds is 5. The van der Waals surface area contributed by atoms with Crippen LogP contribution in [-0.2, 0) is 13.0 Å². The second kappa shape index (κ2) is 6.66. The minimum absolute atomic E-state index is 0.231. The van der Waals surface area contributed by atoms with Crippen molar-refractivity contribution in [3.05, 3.63) is 52.7 Å². The van der Waals surface area contributed by atoms with E-state index in [1.54, 1.807) is 6.07 Å². The van der Waals surface area contributed by atoms with Crippen LogP contribution in [0.2, 0.25) is 5.15 Å². The van der Waals surface area contributed by atoms with Crippen molar-refractivity contribution in [2.75, 3.05) is 11.9 Å². The Kier molecular flexibility index (Phi) is 4.90. The fourth-order valence-electron chi connectivity index (χ4n) is 2.16. The molecule has 0 radical (unpaired) electrons. The minimum atomic E-state index is -0.231. The summed E-state index contributed by atoms with van der Waals surface area (Å²) in [7, 11) is 1.92. The van der Waals surface area contributed by atoms with Gasteiger partial charge < -0.3 is 4.90 Å². The average molecular weight is 294 g/mol. The summed E-state index contributed by atoms with van der Waals surface area (Å²) in [6.45, 7) is 2.65. The van der Waals surface area contributed by atoms with Gasteiger partial charge in [-0.05, 0) is 24.1 Å². The highest BCUT2D eigenvalue weighted by Crippen LogP contribution is 2.25. The Morgan fingerprint density at radius 2 is 2.10 bits per heavy atom. The van der Waals surface area contributed by atoms with Gasteiger partial charge in [-0.1, -0.05) is 37.1 Å². The summed E-state index contributed by atoms with van der Waals surface area (Å²) in [6.07, 6.45) is 3.25. The lowest BCUT2D eigenvalue weighted by molar-refractivity contribution is 0.625. The molecule has 1 heterocycles. The largest absolute Gasteiger partial charge is 0.355 e. The van der Waals surface area contributed by atoms with Crippen molar-refractivity contribution >= 4 is 17.4 Å². The van der Waals surface area contributed by atoms with Gasteiger partial charge in [0.2, 0.25) is 0 Å². The number of hydrogen-bond donors (Lipinski definition) is 0. The first-order chi connectivity index (χ1) is 9.61. The molecule has 0 aliphatic heterocycles. The minimum Gasteiger partial charge on any atom is -0.355 e. The van der Waals surface area contributed by atoms with Gasteiger partial charge in [-0.2, -0.15) is 0 Å². The molecule has 5 heteroatoms. The van der Waals surface area contributed by atoms with E-state index in [4.69, 9.17) is 11.6 Å². The molecule has 0 unspecified atom stereocenters. The summed E-state index contributed by atoms with van der Waals surface area (Å²) in [6, 6.07) is 6.56. The van der Waals surface area contributed by atoms with Gasteiger partial charge in [0.05, 0.1) is 0 Å². The fourth-order valence-corrected chi connectivity index (χ4v) is 2.38. The third kappa shape index (κ3) is 3.45. The van der Waals surface area contributed by atoms with E-state index in [9.17, 15) is 4.39 Å². The maximum Gasteiger partial charge on any atom is 0.137 e. The molecule has 2 rings (SSSR count). The standard InChI is InChI=1S/C15H17ClFN3/c1-3-5-13-14(16)18-10-19-15(13)20(2)9-11-6-4-7-12(17)8-11/h4,6-8,10H,3,5,9H2,1-2H3. The zero-order valence-corrected chi connectivity index (χ0v) is 12.4. The Hall–Kier alpha value is -1.68. The van der Waals surface area contributed by atoms with E-state index < -0.39 is 0 Å². The molecule has 20 heavy (non-hydrogen) atoms. The predicted molar refractivity (Wildman–Crippen MR) is 79.5 cm³/mol. The van der Waals surface area contributed by atoms with Gasteiger partial charge in [-0.3, -0.25) is 0 Å². The van der Waals surface area contributed by atoms with Gasteiger partial charge in [-0.15, -0.1) is 0 Å². The monoisotopic (exact) mass is 293 g/mol. The molecule has 106 valence electrons. The summed E-state index contributed by atoms with van der Waals surface area (Å²) in [4.78, 5) is 10.3. The molecule has 0 amide bonds. The number of halogens is 2. The molecule has 0 saturated heterocycles. The van der Waals surface area contributed by atoms with Gasteiger partial charge in [0.25, 0.3) is 0 Å². The second-order valence-electron chi connectivity index (χ2n) is 4.70. The van der Waals surface area contributed by atoms with Crippen LogP contribution < -0.4 is 4.90 Å². The molecular weight excluding hydrogens is 277 g/mol. The fraction of sp³-hybridized carbons (Fsp3) is 0.333. The van der Waals surface area contributed by atoms with E-state index in [0.29, 0.717) is 11.7 Å². The van der Waals surface area contributed by atoms with Crippen LogP contribution in [0.25, 0.3) is 0 Å². The molecule has 1 aromatic heterocycles. The van der Waals surface area contributed by atoms with Crippen LogP contribution in [0.4, 0.5) is 10.2 Å². The van der Waals surface area contributed by atoms with Crippen LogP contribution in [0.3, 0.4) is 0 Å². The molecular formula is C15H17ClFN3. The number of anilines is 1. The van der Waals surface area contributed by atoms with E-state index in [2.05, 4.69) is 16.9 Å². The van der Waals surface area contributed by atoms with Gasteiger partial charge in [0.1, 0.15) is 23.1 Å². The van der Waals surface area contributed by atoms with Gasteiger partial charge >= 0.3 is 0 Å². The maximum absolute atomic E-state index is 13.2. The SMILES string of the molecule is CCCc1c(Cl)ncnc1N(C)Cc1cccc(F)c1. The Morgan fingerprint density at radius 1 is 1.30 bits per heavy atom. The lowest BCUT2D eigenvalue weighted by Gasteiger charge is -2.21. The van der Waals surface area contributed by atoms with E-state index in [-0.39, 0.29) is 5.82 Å². The first-order valence-electron chi connectivity index (χ1n) is 6.56. The topological polar surface area (TPSA) is 29.0 Å². The van der Waals surface area contributed by atoms with Crippen LogP contribution in [0.1, 0.15) is 24.5 Å². The van der Waals surface area contributed by atoms with E-state index in [0.717, 1.165) is 29.8 Å². The van der Waals surface area contributed by atoms with Crippen molar-refractivity contribution in [2.45, 2.75) is 26.3 Å². The molecule has 1 aromatic carbocycles. The van der Waals surface area contributed by atoms with Crippen LogP contribution in [0, 0.1) is 5.82 Å². The highest BCUT2D eigenvalue weighted by Gasteiger charge is 2.13. The van der Waals surface area contributed by atoms with Crippen molar-refractivity contribution in [1.29, 1.82) is 0 Å². The van der Waals surface area contributed by atoms with Crippen LogP contribution in [-0.4, -0.2) is 17.0 Å². The molecule has 0 fully saturated rings. The zero-order valence-electron chi connectivity index (χ0n) is 11.6. The normalized spacial score (nSPS) is 10.6. The second-order valence-corrected chi connectivity index (χ2v) is 5.06. The molecule has 0 bridgehead atoms. The van der Waals surface area contributed by atoms with Crippen LogP contribution in [0.5, 0.6) is 0 Å². The lowest BCUT2D eigenvalue weighted by atomic mass is 10.1. The Morgan fingerprint density at radius 3 is 2.80 bits per heavy atom. The molecule has 3 nitrogen and oxygen atoms in total. The summed E-state index contributed by atoms with van der Waals surface area (Å²) >= 11 is 6.14. The third-order valence-electron chi connectivity index (χ3n) is 3.04. The summed E-state index contributed by atoms with van der Waals surface area (Å²) < 4.78 is 13.2. The van der Waals surface area contributed by atoms with Gasteiger partial charge in [-0.25, -0.2) is 14.4 Å². The van der Waals surface area contributed by atoms with Crippen molar-refractivity contribution in [2.24, 2.45) is 0 Å². The molecule has 0 spiro atoms. The molecule has 0 N–H and O–H groups in total. The smallest absolute Gasteiger partial charge is 0.137 e. The molecule has 0 aliphatic carbocycles. The highest BCUT2D eigenvalue weighted by molar-refractivity contribution is 6.30. The Labute approximate surface area is 123 Å². The summed E-state index contributed by atoms with van der Waals surface area (Å²) in [5, 5.41) is 0.489. The van der Waals surface area contributed by atoms with E-state index in [1.165, 1.54) is 18.5 Å². The maximum atomic E-state index is 13.2. The van der Waals surface area contributed by atoms with Crippen molar-refractivity contribution in [3.8, 4) is 0 Å². The van der Waals surface area contributed by atoms with E-state index >= 15 is 0 Å². The van der Waals surface area contributed by atoms with Crippen molar-refractivity contribution in [1.82, 2.24) is 9.97 Å². The quantitative estimate of drug-likeness (QED) is 0.784. The van der Waals surface area contributed by atoms with Crippen LogP contribution >= 0.6 is 11.6 Å². The molecule has 0 atom stereocenters. The Bertz CT molecular complexity index is 589. The molecule has 2 aromatic rings. The third-order valence-corrected chi connectivity index (χ3v) is 3.37. The highest BCUT2D eigenvalue weighted by atomic mass is 35.5. The van der Waals surface area contributed by atoms with Crippen molar-refractivity contribution < 1.29 is 4.39 Å². The number of nitrogens with zero attached hydrogens (tertiary/aromatic N) is 3. The van der Waals surface area contributed by atoms with Crippen molar-refractivity contribution in [3.63, 3.8) is 0 Å². The lowest BCUT2D eigenvalue weighted by Crippen LogP contribution is -2.20. The first-order valence-corrected chi connectivity index (χ1v) is 6.94. The number of benzene rings is 1. The van der Waals surface area contributed by atoms with Gasteiger partial charge in [0.15, 0.2) is 0 Å². The molecule has 0 saturated carbocycles. The molecule has 0 aliphatic rings. The summed E-state index contributed by atoms with van der Waals surface area (Å²) in [5.74, 6) is 0.571. The van der Waals surface area contributed by atoms with Crippen LogP contribution in [0.15, 0.2) is 30.6 Å². The first kappa shape index (κ1) is 14.7. The van der Waals surface area contributed by atoms with Gasteiger partial charge in [0, 0.05) is 19.2 Å². The Balaban J connectivity index is 2.25. The number of hydrogen-bond acceptors (Lipinski definition) is 3. The average Bonchev–Trinajstić information content (AvgIpc) is 2.41.